The number of alkyl halides is 5. The number of carbonyl (C=O) groups is 1. The highest BCUT2D eigenvalue weighted by Gasteiger charge is 2.51. The molecule has 0 unspecified atom stereocenters. The number of amides is 1. The van der Waals surface area contributed by atoms with E-state index in [2.05, 4.69) is 0 Å². The van der Waals surface area contributed by atoms with Gasteiger partial charge in [-0.1, -0.05) is 0 Å². The van der Waals surface area contributed by atoms with E-state index >= 15 is 0 Å². The maximum Gasteiger partial charge on any atom is 0.417 e. The molecule has 12 heteroatoms. The van der Waals surface area contributed by atoms with Crippen LogP contribution in [0, 0.1) is 11.3 Å². The minimum atomic E-state index is -4.88. The van der Waals surface area contributed by atoms with Crippen molar-refractivity contribution in [3.8, 4) is 0 Å². The van der Waals surface area contributed by atoms with Crippen molar-refractivity contribution >= 4 is 21.4 Å². The van der Waals surface area contributed by atoms with Crippen molar-refractivity contribution < 1.29 is 39.9 Å². The lowest BCUT2D eigenvalue weighted by Gasteiger charge is -2.56. The van der Waals surface area contributed by atoms with E-state index in [0.717, 1.165) is 17.0 Å². The van der Waals surface area contributed by atoms with Crippen LogP contribution in [0.3, 0.4) is 0 Å². The van der Waals surface area contributed by atoms with Crippen molar-refractivity contribution in [1.29, 1.82) is 0 Å². The first-order valence-corrected chi connectivity index (χ1v) is 12.3. The quantitative estimate of drug-likeness (QED) is 0.603. The van der Waals surface area contributed by atoms with Crippen LogP contribution in [0.2, 0.25) is 0 Å². The molecule has 182 valence electrons. The van der Waals surface area contributed by atoms with Crippen molar-refractivity contribution in [3.05, 3.63) is 23.8 Å². The van der Waals surface area contributed by atoms with Crippen LogP contribution < -0.4 is 4.90 Å². The lowest BCUT2D eigenvalue weighted by atomic mass is 9.77. The van der Waals surface area contributed by atoms with Crippen LogP contribution >= 0.6 is 0 Å². The van der Waals surface area contributed by atoms with Crippen LogP contribution in [0.25, 0.3) is 0 Å². The molecule has 1 spiro atoms. The lowest BCUT2D eigenvalue weighted by Crippen LogP contribution is -2.66. The first kappa shape index (κ1) is 22.8. The topological polar surface area (TPSA) is 66.9 Å². The highest BCUT2D eigenvalue weighted by molar-refractivity contribution is 7.92. The molecule has 2 atom stereocenters. The average molecular weight is 494 g/mol. The van der Waals surface area contributed by atoms with Gasteiger partial charge in [0, 0.05) is 24.7 Å². The van der Waals surface area contributed by atoms with Gasteiger partial charge in [0.1, 0.15) is 0 Å². The van der Waals surface area contributed by atoms with Gasteiger partial charge in [-0.05, 0) is 37.5 Å². The number of rotatable bonds is 4. The Morgan fingerprint density at radius 1 is 1.06 bits per heavy atom. The number of benzene rings is 1. The summed E-state index contributed by atoms with van der Waals surface area (Å²) in [5.74, 6) is -4.28. The largest absolute Gasteiger partial charge is 0.417 e. The molecule has 1 aromatic carbocycles. The molecular weight excluding hydrogens is 471 g/mol. The second kappa shape index (κ2) is 7.27. The van der Waals surface area contributed by atoms with E-state index in [1.807, 2.05) is 0 Å². The molecule has 0 bridgehead atoms. The number of hydrogen-bond acceptors (Lipinski definition) is 5. The summed E-state index contributed by atoms with van der Waals surface area (Å²) in [6, 6.07) is 3.26. The van der Waals surface area contributed by atoms with Crippen molar-refractivity contribution in [3.63, 3.8) is 0 Å². The molecule has 4 aliphatic rings. The van der Waals surface area contributed by atoms with Gasteiger partial charge >= 0.3 is 6.18 Å². The van der Waals surface area contributed by atoms with E-state index in [-0.39, 0.29) is 24.7 Å². The molecule has 1 aliphatic carbocycles. The Kier molecular flexibility index (Phi) is 5.03. The number of hydrogen-bond donors (Lipinski definition) is 0. The van der Waals surface area contributed by atoms with Gasteiger partial charge in [-0.15, -0.1) is 0 Å². The zero-order valence-corrected chi connectivity index (χ0v) is 18.4. The molecular formula is C21H23F5N2O4S. The molecule has 0 aromatic heterocycles. The predicted octanol–water partition coefficient (Wildman–Crippen LogP) is 2.96. The second-order valence-electron chi connectivity index (χ2n) is 9.75. The third-order valence-corrected chi connectivity index (χ3v) is 9.41. The number of likely N-dealkylation sites (tertiary alicyclic amines) is 1. The highest BCUT2D eigenvalue weighted by Crippen LogP contribution is 2.45. The summed E-state index contributed by atoms with van der Waals surface area (Å²) in [7, 11) is -4.38. The molecule has 1 amide bonds. The lowest BCUT2D eigenvalue weighted by molar-refractivity contribution is -0.169. The SMILES string of the molecule is O=C([C@@H]1CC[C@@H](S(=O)(=O)c2ccc(N3CC4(COC4)C3)cc2C(F)(F)F)C1)N1CC(F)(F)C1. The summed E-state index contributed by atoms with van der Waals surface area (Å²) in [5.41, 5.74) is -0.936. The molecule has 1 aromatic rings. The number of sulfone groups is 1. The molecule has 3 heterocycles. The van der Waals surface area contributed by atoms with Gasteiger partial charge in [0.2, 0.25) is 5.91 Å². The maximum absolute atomic E-state index is 13.9. The summed E-state index contributed by atoms with van der Waals surface area (Å²) in [4.78, 5) is 14.3. The van der Waals surface area contributed by atoms with E-state index < -0.39 is 62.6 Å². The Bertz CT molecular complexity index is 1070. The second-order valence-corrected chi connectivity index (χ2v) is 12.0. The fourth-order valence-electron chi connectivity index (χ4n) is 5.26. The number of nitrogens with zero attached hydrogens (tertiary/aromatic N) is 2. The summed E-state index contributed by atoms with van der Waals surface area (Å²) in [5, 5.41) is -1.17. The number of halogens is 5. The van der Waals surface area contributed by atoms with E-state index in [4.69, 9.17) is 4.74 Å². The Hall–Kier alpha value is -1.95. The van der Waals surface area contributed by atoms with Gasteiger partial charge in [-0.3, -0.25) is 4.79 Å². The predicted molar refractivity (Wildman–Crippen MR) is 107 cm³/mol. The molecule has 1 saturated carbocycles. The third-order valence-electron chi connectivity index (χ3n) is 7.14. The third kappa shape index (κ3) is 3.88. The monoisotopic (exact) mass is 494 g/mol. The van der Waals surface area contributed by atoms with Gasteiger partial charge < -0.3 is 14.5 Å². The van der Waals surface area contributed by atoms with Crippen LogP contribution in [-0.4, -0.2) is 69.8 Å². The van der Waals surface area contributed by atoms with Crippen molar-refractivity contribution in [2.24, 2.45) is 11.3 Å². The molecule has 3 saturated heterocycles. The standard InChI is InChI=1S/C21H23F5N2O4S/c22-20(23)9-28(10-20)18(29)13-1-3-15(5-13)33(30,31)17-4-2-14(6-16(17)21(24,25)26)27-7-19(8-27)11-32-12-19/h2,4,6,13,15H,1,3,5,7-12H2/t13-,15-/m1/s1. The Morgan fingerprint density at radius 2 is 1.73 bits per heavy atom. The zero-order valence-electron chi connectivity index (χ0n) is 17.6. The molecule has 6 nitrogen and oxygen atoms in total. The molecule has 4 fully saturated rings. The zero-order chi connectivity index (χ0) is 23.8. The van der Waals surface area contributed by atoms with Gasteiger partial charge in [0.25, 0.3) is 5.92 Å². The van der Waals surface area contributed by atoms with E-state index in [1.54, 1.807) is 4.90 Å². The maximum atomic E-state index is 13.9. The van der Waals surface area contributed by atoms with Crippen molar-refractivity contribution in [2.45, 2.75) is 41.5 Å². The van der Waals surface area contributed by atoms with Gasteiger partial charge in [0.05, 0.1) is 47.4 Å². The Morgan fingerprint density at radius 3 is 2.27 bits per heavy atom. The van der Waals surface area contributed by atoms with Crippen LogP contribution in [0.5, 0.6) is 0 Å². The highest BCUT2D eigenvalue weighted by atomic mass is 32.2. The summed E-state index contributed by atoms with van der Waals surface area (Å²) in [6.07, 6.45) is -4.90. The van der Waals surface area contributed by atoms with Gasteiger partial charge in [-0.25, -0.2) is 17.2 Å². The fourth-order valence-corrected chi connectivity index (χ4v) is 7.29. The first-order valence-electron chi connectivity index (χ1n) is 10.7. The van der Waals surface area contributed by atoms with Gasteiger partial charge in [-0.2, -0.15) is 13.2 Å². The number of carbonyl (C=O) groups excluding carboxylic acids is 1. The molecule has 5 rings (SSSR count). The number of anilines is 1. The number of ether oxygens (including phenoxy) is 1. The molecule has 0 N–H and O–H groups in total. The fraction of sp³-hybridized carbons (Fsp3) is 0.667. The van der Waals surface area contributed by atoms with Crippen molar-refractivity contribution in [2.75, 3.05) is 44.3 Å². The Labute approximate surface area is 187 Å². The van der Waals surface area contributed by atoms with Crippen LogP contribution in [0.1, 0.15) is 24.8 Å². The minimum absolute atomic E-state index is 0.0106. The molecule has 33 heavy (non-hydrogen) atoms. The summed E-state index contributed by atoms with van der Waals surface area (Å²) >= 11 is 0. The smallest absolute Gasteiger partial charge is 0.380 e. The Balaban J connectivity index is 1.34. The van der Waals surface area contributed by atoms with Crippen molar-refractivity contribution in [1.82, 2.24) is 4.90 Å². The summed E-state index contributed by atoms with van der Waals surface area (Å²) in [6.45, 7) is 0.834. The first-order chi connectivity index (χ1) is 15.3. The molecule has 0 radical (unpaired) electrons. The summed E-state index contributed by atoms with van der Waals surface area (Å²) < 4.78 is 99.2. The van der Waals surface area contributed by atoms with Crippen LogP contribution in [0.4, 0.5) is 27.6 Å². The van der Waals surface area contributed by atoms with Crippen LogP contribution in [0.15, 0.2) is 23.1 Å². The van der Waals surface area contributed by atoms with E-state index in [0.29, 0.717) is 32.0 Å². The van der Waals surface area contributed by atoms with Gasteiger partial charge in [0.15, 0.2) is 9.84 Å². The normalized spacial score (nSPS) is 28.3. The average Bonchev–Trinajstić information content (AvgIpc) is 3.13. The minimum Gasteiger partial charge on any atom is -0.380 e. The molecule has 3 aliphatic heterocycles. The van der Waals surface area contributed by atoms with Crippen LogP contribution in [-0.2, 0) is 25.5 Å². The van der Waals surface area contributed by atoms with E-state index in [9.17, 15) is 35.2 Å². The van der Waals surface area contributed by atoms with E-state index in [1.165, 1.54) is 6.07 Å².